The predicted octanol–water partition coefficient (Wildman–Crippen LogP) is 4.16. The molecule has 4 aliphatic rings. The topological polar surface area (TPSA) is 215 Å². The molecule has 16 nitrogen and oxygen atoms in total. The lowest BCUT2D eigenvalue weighted by Crippen LogP contribution is -2.58. The van der Waals surface area contributed by atoms with Gasteiger partial charge >= 0.3 is 0 Å². The molecule has 5 aromatic rings. The van der Waals surface area contributed by atoms with Crippen LogP contribution in [0.2, 0.25) is 0 Å². The highest BCUT2D eigenvalue weighted by Gasteiger charge is 2.62. The lowest BCUT2D eigenvalue weighted by molar-refractivity contribution is -0.141. The molecule has 2 saturated carbocycles. The fourth-order valence-electron chi connectivity index (χ4n) is 7.94. The molecule has 9 rings (SSSR count). The van der Waals surface area contributed by atoms with Crippen molar-refractivity contribution < 1.29 is 32.3 Å². The average molecular weight is 850 g/mol. The number of aromatic nitrogens is 5. The molecule has 3 fully saturated rings. The highest BCUT2D eigenvalue weighted by atomic mass is 32.2. The second-order valence-corrected chi connectivity index (χ2v) is 18.9. The van der Waals surface area contributed by atoms with Crippen LogP contribution in [0.5, 0.6) is 5.88 Å². The molecule has 1 saturated heterocycles. The van der Waals surface area contributed by atoms with Gasteiger partial charge in [-0.1, -0.05) is 49.3 Å². The number of rotatable bonds is 8. The van der Waals surface area contributed by atoms with Crippen LogP contribution in [0.1, 0.15) is 74.0 Å². The molecule has 310 valence electrons. The van der Waals surface area contributed by atoms with Gasteiger partial charge in [-0.3, -0.25) is 23.9 Å². The molecule has 5 atom stereocenters. The van der Waals surface area contributed by atoms with E-state index in [4.69, 9.17) is 19.7 Å². The Kier molecular flexibility index (Phi) is 10.5. The summed E-state index contributed by atoms with van der Waals surface area (Å²) in [7, 11) is -3.92. The van der Waals surface area contributed by atoms with E-state index in [1.54, 1.807) is 6.92 Å². The number of fused-ring (bicyclic) bond motifs is 4. The number of hydrogen-bond donors (Lipinski definition) is 3. The molecule has 0 spiro atoms. The Labute approximate surface area is 349 Å². The van der Waals surface area contributed by atoms with E-state index >= 15 is 0 Å². The molecule has 0 bridgehead atoms. The monoisotopic (exact) mass is 849 g/mol. The van der Waals surface area contributed by atoms with Crippen LogP contribution < -0.4 is 20.1 Å². The summed E-state index contributed by atoms with van der Waals surface area (Å²) in [4.78, 5) is 81.1. The van der Waals surface area contributed by atoms with Crippen LogP contribution in [0.4, 0.5) is 0 Å². The normalized spacial score (nSPS) is 25.3. The molecule has 3 N–H and O–H groups in total. The summed E-state index contributed by atoms with van der Waals surface area (Å²) in [5, 5.41) is 5.72. The molecule has 18 heteroatoms. The number of allylic oxidation sites excluding steroid dienone is 1. The second kappa shape index (κ2) is 15.9. The van der Waals surface area contributed by atoms with Crippen LogP contribution in [0.25, 0.3) is 32.0 Å². The van der Waals surface area contributed by atoms with Crippen molar-refractivity contribution in [3.05, 3.63) is 84.5 Å². The smallest absolute Gasteiger partial charge is 0.259 e. The number of benzene rings is 2. The zero-order chi connectivity index (χ0) is 41.6. The molecule has 2 aromatic carbocycles. The van der Waals surface area contributed by atoms with Crippen molar-refractivity contribution in [3.63, 3.8) is 0 Å². The molecule has 0 unspecified atom stereocenters. The van der Waals surface area contributed by atoms with Gasteiger partial charge < -0.3 is 20.3 Å². The van der Waals surface area contributed by atoms with Crippen molar-refractivity contribution in [1.29, 1.82) is 0 Å². The Bertz CT molecular complexity index is 2620. The second-order valence-electron chi connectivity index (χ2n) is 15.9. The van der Waals surface area contributed by atoms with Gasteiger partial charge in [0.2, 0.25) is 27.7 Å². The summed E-state index contributed by atoms with van der Waals surface area (Å²) in [6, 6.07) is 12.9. The molecule has 5 heterocycles. The fraction of sp³-hybridized carbons (Fsp3) is 0.405. The zero-order valence-electron chi connectivity index (χ0n) is 32.7. The summed E-state index contributed by atoms with van der Waals surface area (Å²) >= 11 is 1.43. The van der Waals surface area contributed by atoms with Crippen molar-refractivity contribution in [3.8, 4) is 16.6 Å². The number of ether oxygens (including phenoxy) is 1. The average Bonchev–Trinajstić information content (AvgIpc) is 4.13. The van der Waals surface area contributed by atoms with Gasteiger partial charge in [0.05, 0.1) is 38.6 Å². The van der Waals surface area contributed by atoms with Gasteiger partial charge in [0.1, 0.15) is 34.6 Å². The first-order valence-corrected chi connectivity index (χ1v) is 22.6. The Hall–Kier alpha value is -5.88. The Balaban J connectivity index is 1.06. The summed E-state index contributed by atoms with van der Waals surface area (Å²) in [5.74, 6) is -2.29. The number of sulfonamides is 1. The highest BCUT2D eigenvalue weighted by molar-refractivity contribution is 7.91. The molecule has 4 amide bonds. The first-order valence-electron chi connectivity index (χ1n) is 20.2. The third-order valence-corrected chi connectivity index (χ3v) is 14.4. The number of aryl methyl sites for hydroxylation is 1. The van der Waals surface area contributed by atoms with Crippen molar-refractivity contribution >= 4 is 66.2 Å². The van der Waals surface area contributed by atoms with E-state index in [9.17, 15) is 27.6 Å². The van der Waals surface area contributed by atoms with Crippen LogP contribution >= 0.6 is 11.3 Å². The zero-order valence-corrected chi connectivity index (χ0v) is 34.4. The van der Waals surface area contributed by atoms with Gasteiger partial charge in [-0.25, -0.2) is 33.3 Å². The third kappa shape index (κ3) is 8.04. The van der Waals surface area contributed by atoms with Crippen molar-refractivity contribution in [2.75, 3.05) is 6.54 Å². The SMILES string of the molecule is Cc1ncc(C(=O)N[C@H]2CCCCC/C=C\[C@@H]3C[C@@]3(C(=O)NS(=O)(=O)C3CC3)NC(=O)[C@@H]3C[C@@H](Oc4nc5ccccc5nc4-c4nc5ccccc5s4)CN3C2=O)cn1. The lowest BCUT2D eigenvalue weighted by atomic mass is 10.0. The summed E-state index contributed by atoms with van der Waals surface area (Å²) in [5.41, 5.74) is 1.04. The molecular formula is C42H43N9O7S2. The molecule has 2 aliphatic carbocycles. The minimum Gasteiger partial charge on any atom is -0.471 e. The first kappa shape index (κ1) is 39.6. The largest absolute Gasteiger partial charge is 0.471 e. The van der Waals surface area contributed by atoms with Gasteiger partial charge in [-0.15, -0.1) is 11.3 Å². The first-order chi connectivity index (χ1) is 29.0. The van der Waals surface area contributed by atoms with Gasteiger partial charge in [-0.05, 0) is 69.7 Å². The van der Waals surface area contributed by atoms with Gasteiger partial charge in [0.15, 0.2) is 5.69 Å². The highest BCUT2D eigenvalue weighted by Crippen LogP contribution is 2.46. The van der Waals surface area contributed by atoms with E-state index in [0.717, 1.165) is 23.1 Å². The van der Waals surface area contributed by atoms with E-state index in [1.165, 1.54) is 28.6 Å². The van der Waals surface area contributed by atoms with Crippen LogP contribution in [0.3, 0.4) is 0 Å². The number of nitrogens with zero attached hydrogens (tertiary/aromatic N) is 6. The summed E-state index contributed by atoms with van der Waals surface area (Å²) in [6.07, 6.45) is 10.0. The number of carbonyl (C=O) groups excluding carboxylic acids is 4. The molecule has 2 aliphatic heterocycles. The maximum absolute atomic E-state index is 14.8. The van der Waals surface area contributed by atoms with Gasteiger partial charge in [0, 0.05) is 24.7 Å². The van der Waals surface area contributed by atoms with Crippen LogP contribution in [-0.2, 0) is 24.4 Å². The quantitative estimate of drug-likeness (QED) is 0.188. The minimum absolute atomic E-state index is 0.00356. The van der Waals surface area contributed by atoms with E-state index in [2.05, 4.69) is 25.3 Å². The van der Waals surface area contributed by atoms with E-state index in [-0.39, 0.29) is 30.8 Å². The van der Waals surface area contributed by atoms with Gasteiger partial charge in [0.25, 0.3) is 11.8 Å². The maximum atomic E-state index is 14.8. The van der Waals surface area contributed by atoms with Crippen LogP contribution in [0, 0.1) is 12.8 Å². The molecular weight excluding hydrogens is 807 g/mol. The molecule has 3 aromatic heterocycles. The molecule has 60 heavy (non-hydrogen) atoms. The Morgan fingerprint density at radius 1 is 0.933 bits per heavy atom. The van der Waals surface area contributed by atoms with E-state index in [0.29, 0.717) is 59.7 Å². The third-order valence-electron chi connectivity index (χ3n) is 11.5. The Morgan fingerprint density at radius 3 is 2.42 bits per heavy atom. The van der Waals surface area contributed by atoms with E-state index in [1.807, 2.05) is 60.7 Å². The standard InChI is InChI=1S/C42H43N9O7S2/c1-24-43-21-25(22-44-24)36(52)46-32-15-6-4-2-3-5-11-26-20-42(26,41(55)50-60(56,57)28-17-18-28)49-37(53)33-19-27(23-51(33)40(32)54)58-38-35(45-29-12-7-8-13-30(29)47-38)39-48-31-14-9-10-16-34(31)59-39/h5,7-14,16,21-22,26-28,32-33H,2-4,6,15,17-20,23H2,1H3,(H,46,52)(H,49,53)(H,50,55)/b11-5-/t26-,27-,32+,33+,42-/m1/s1. The Morgan fingerprint density at radius 2 is 1.67 bits per heavy atom. The maximum Gasteiger partial charge on any atom is 0.259 e. The van der Waals surface area contributed by atoms with E-state index < -0.39 is 68.5 Å². The number of thiazole rings is 1. The number of hydrogen-bond acceptors (Lipinski definition) is 13. The van der Waals surface area contributed by atoms with Crippen LogP contribution in [0.15, 0.2) is 73.1 Å². The van der Waals surface area contributed by atoms with Crippen molar-refractivity contribution in [2.24, 2.45) is 5.92 Å². The molecule has 0 radical (unpaired) electrons. The summed E-state index contributed by atoms with van der Waals surface area (Å²) in [6.45, 7) is 1.63. The lowest BCUT2D eigenvalue weighted by Gasteiger charge is -2.30. The summed E-state index contributed by atoms with van der Waals surface area (Å²) < 4.78 is 35.7. The number of nitrogens with one attached hydrogen (secondary N) is 3. The van der Waals surface area contributed by atoms with Crippen molar-refractivity contribution in [1.82, 2.24) is 45.2 Å². The van der Waals surface area contributed by atoms with Crippen molar-refractivity contribution in [2.45, 2.75) is 93.7 Å². The van der Waals surface area contributed by atoms with Gasteiger partial charge in [-0.2, -0.15) is 0 Å². The number of carbonyl (C=O) groups is 4. The number of amides is 4. The van der Waals surface area contributed by atoms with Crippen LogP contribution in [-0.4, -0.2) is 97.4 Å². The minimum atomic E-state index is -3.92. The number of para-hydroxylation sites is 3. The fourth-order valence-corrected chi connectivity index (χ4v) is 10.2. The predicted molar refractivity (Wildman–Crippen MR) is 222 cm³/mol.